The minimum Gasteiger partial charge on any atom is -0.346 e. The predicted molar refractivity (Wildman–Crippen MR) is 128 cm³/mol. The molecule has 166 valence electrons. The highest BCUT2D eigenvalue weighted by molar-refractivity contribution is 7.99. The van der Waals surface area contributed by atoms with E-state index in [0.29, 0.717) is 11.3 Å². The van der Waals surface area contributed by atoms with Crippen molar-refractivity contribution in [3.8, 4) is 0 Å². The zero-order chi connectivity index (χ0) is 22.5. The number of nitrogens with zero attached hydrogens (tertiary/aromatic N) is 2. The van der Waals surface area contributed by atoms with E-state index in [1.807, 2.05) is 24.7 Å². The number of hydrogen-bond donors (Lipinski definition) is 2. The third-order valence-corrected chi connectivity index (χ3v) is 6.82. The van der Waals surface area contributed by atoms with Crippen molar-refractivity contribution in [3.63, 3.8) is 0 Å². The molecule has 0 radical (unpaired) electrons. The van der Waals surface area contributed by atoms with E-state index in [1.165, 1.54) is 35.7 Å². The number of aromatic nitrogens is 2. The van der Waals surface area contributed by atoms with E-state index in [0.717, 1.165) is 23.6 Å². The van der Waals surface area contributed by atoms with Gasteiger partial charge in [0.1, 0.15) is 0 Å². The van der Waals surface area contributed by atoms with Gasteiger partial charge in [-0.15, -0.1) is 0 Å². The van der Waals surface area contributed by atoms with Gasteiger partial charge in [0.25, 0.3) is 5.91 Å². The Hall–Kier alpha value is -3.06. The van der Waals surface area contributed by atoms with Gasteiger partial charge >= 0.3 is 0 Å². The summed E-state index contributed by atoms with van der Waals surface area (Å²) in [5, 5.41) is 6.73. The molecule has 0 fully saturated rings. The minimum absolute atomic E-state index is 0.0720. The maximum absolute atomic E-state index is 12.7. The van der Waals surface area contributed by atoms with E-state index in [9.17, 15) is 9.59 Å². The fourth-order valence-corrected chi connectivity index (χ4v) is 4.64. The zero-order valence-electron chi connectivity index (χ0n) is 18.4. The average molecular weight is 449 g/mol. The summed E-state index contributed by atoms with van der Waals surface area (Å²) in [7, 11) is 1.89. The Morgan fingerprint density at radius 3 is 2.56 bits per heavy atom. The van der Waals surface area contributed by atoms with E-state index in [1.54, 1.807) is 30.5 Å². The van der Waals surface area contributed by atoms with Gasteiger partial charge in [-0.2, -0.15) is 0 Å². The number of amides is 2. The van der Waals surface area contributed by atoms with Crippen LogP contribution in [0.4, 0.5) is 5.69 Å². The third-order valence-electron chi connectivity index (χ3n) is 5.76. The molecule has 6 nitrogen and oxygen atoms in total. The van der Waals surface area contributed by atoms with Crippen LogP contribution >= 0.6 is 11.8 Å². The number of carbonyl (C=O) groups is 2. The summed E-state index contributed by atoms with van der Waals surface area (Å²) in [6, 6.07) is 13.5. The standard InChI is InChI=1S/C25H28N4O2S/c1-17(20-8-7-18-5-3-4-6-21(18)15-20)27-24(31)19-9-11-22(12-10-19)28-23(30)16-32-25-26-13-14-29(25)2/h7-15,17H,3-6,16H2,1-2H3,(H,27,31)(H,28,30)/t17-/m0/s1. The Kier molecular flexibility index (Phi) is 6.95. The molecule has 1 aromatic heterocycles. The first-order chi connectivity index (χ1) is 15.5. The second kappa shape index (κ2) is 10.0. The molecule has 0 bridgehead atoms. The molecule has 7 heteroatoms. The lowest BCUT2D eigenvalue weighted by molar-refractivity contribution is -0.113. The Balaban J connectivity index is 1.30. The molecule has 3 aromatic rings. The zero-order valence-corrected chi connectivity index (χ0v) is 19.2. The highest BCUT2D eigenvalue weighted by Crippen LogP contribution is 2.25. The molecule has 2 amide bonds. The molecule has 0 unspecified atom stereocenters. The Morgan fingerprint density at radius 2 is 1.84 bits per heavy atom. The number of nitrogens with one attached hydrogen (secondary N) is 2. The van der Waals surface area contributed by atoms with Crippen molar-refractivity contribution >= 4 is 29.3 Å². The third kappa shape index (κ3) is 5.40. The van der Waals surface area contributed by atoms with Gasteiger partial charge in [-0.3, -0.25) is 9.59 Å². The van der Waals surface area contributed by atoms with Gasteiger partial charge in [-0.1, -0.05) is 30.0 Å². The number of carbonyl (C=O) groups excluding carboxylic acids is 2. The number of hydrogen-bond acceptors (Lipinski definition) is 4. The van der Waals surface area contributed by atoms with Crippen molar-refractivity contribution in [2.75, 3.05) is 11.1 Å². The predicted octanol–water partition coefficient (Wildman–Crippen LogP) is 4.52. The molecule has 1 aliphatic carbocycles. The first kappa shape index (κ1) is 22.1. The molecule has 0 saturated carbocycles. The number of benzene rings is 2. The summed E-state index contributed by atoms with van der Waals surface area (Å²) in [6.07, 6.45) is 8.32. The summed E-state index contributed by atoms with van der Waals surface area (Å²) in [5.74, 6) is 0.0282. The number of imidazole rings is 1. The maximum atomic E-state index is 12.7. The summed E-state index contributed by atoms with van der Waals surface area (Å²) >= 11 is 1.38. The number of fused-ring (bicyclic) bond motifs is 1. The van der Waals surface area contributed by atoms with Crippen molar-refractivity contribution in [1.82, 2.24) is 14.9 Å². The van der Waals surface area contributed by atoms with Gasteiger partial charge in [0.2, 0.25) is 5.91 Å². The summed E-state index contributed by atoms with van der Waals surface area (Å²) < 4.78 is 1.87. The normalized spacial score (nSPS) is 13.8. The van der Waals surface area contributed by atoms with Crippen LogP contribution in [0.2, 0.25) is 0 Å². The highest BCUT2D eigenvalue weighted by Gasteiger charge is 2.15. The summed E-state index contributed by atoms with van der Waals surface area (Å²) in [4.78, 5) is 29.1. The second-order valence-electron chi connectivity index (χ2n) is 8.17. The minimum atomic E-state index is -0.126. The number of aryl methyl sites for hydroxylation is 3. The Morgan fingerprint density at radius 1 is 1.09 bits per heavy atom. The van der Waals surface area contributed by atoms with Crippen molar-refractivity contribution in [1.29, 1.82) is 0 Å². The van der Waals surface area contributed by atoms with Crippen LogP contribution in [-0.2, 0) is 24.7 Å². The highest BCUT2D eigenvalue weighted by atomic mass is 32.2. The molecule has 2 aromatic carbocycles. The van der Waals surface area contributed by atoms with Gasteiger partial charge in [0.05, 0.1) is 11.8 Å². The van der Waals surface area contributed by atoms with Crippen molar-refractivity contribution in [2.45, 2.75) is 43.8 Å². The molecule has 2 N–H and O–H groups in total. The number of thioether (sulfide) groups is 1. The van der Waals surface area contributed by atoms with Crippen molar-refractivity contribution in [3.05, 3.63) is 77.1 Å². The fraction of sp³-hybridized carbons (Fsp3) is 0.320. The van der Waals surface area contributed by atoms with E-state index in [2.05, 4.69) is 33.8 Å². The van der Waals surface area contributed by atoms with E-state index < -0.39 is 0 Å². The Bertz CT molecular complexity index is 1110. The SMILES string of the molecule is C[C@H](NC(=O)c1ccc(NC(=O)CSc2nccn2C)cc1)c1ccc2c(c1)CCCC2. The van der Waals surface area contributed by atoms with Crippen LogP contribution in [0.15, 0.2) is 60.0 Å². The van der Waals surface area contributed by atoms with E-state index >= 15 is 0 Å². The molecule has 4 rings (SSSR count). The lowest BCUT2D eigenvalue weighted by Gasteiger charge is -2.20. The molecule has 1 atom stereocenters. The first-order valence-electron chi connectivity index (χ1n) is 10.9. The van der Waals surface area contributed by atoms with E-state index in [4.69, 9.17) is 0 Å². The average Bonchev–Trinajstić information content (AvgIpc) is 3.22. The largest absolute Gasteiger partial charge is 0.346 e. The van der Waals surface area contributed by atoms with Crippen LogP contribution in [0.5, 0.6) is 0 Å². The monoisotopic (exact) mass is 448 g/mol. The number of anilines is 1. The summed E-state index contributed by atoms with van der Waals surface area (Å²) in [5.41, 5.74) is 5.21. The lowest BCUT2D eigenvalue weighted by Crippen LogP contribution is -2.26. The Labute approximate surface area is 192 Å². The van der Waals surface area contributed by atoms with Crippen LogP contribution in [0, 0.1) is 0 Å². The molecule has 1 heterocycles. The van der Waals surface area contributed by atoms with Gasteiger partial charge in [-0.05, 0) is 73.6 Å². The lowest BCUT2D eigenvalue weighted by atomic mass is 9.89. The van der Waals surface area contributed by atoms with Gasteiger partial charge in [-0.25, -0.2) is 4.98 Å². The molecule has 0 saturated heterocycles. The molecular weight excluding hydrogens is 420 g/mol. The van der Waals surface area contributed by atoms with Crippen LogP contribution < -0.4 is 10.6 Å². The quantitative estimate of drug-likeness (QED) is 0.521. The smallest absolute Gasteiger partial charge is 0.251 e. The van der Waals surface area contributed by atoms with Gasteiger partial charge < -0.3 is 15.2 Å². The van der Waals surface area contributed by atoms with Gasteiger partial charge in [0, 0.05) is 30.7 Å². The van der Waals surface area contributed by atoms with Crippen LogP contribution in [-0.4, -0.2) is 27.1 Å². The topological polar surface area (TPSA) is 76.0 Å². The van der Waals surface area contributed by atoms with Crippen molar-refractivity contribution < 1.29 is 9.59 Å². The second-order valence-corrected chi connectivity index (χ2v) is 9.11. The first-order valence-corrected chi connectivity index (χ1v) is 11.9. The number of rotatable bonds is 7. The molecular formula is C25H28N4O2S. The summed E-state index contributed by atoms with van der Waals surface area (Å²) in [6.45, 7) is 2.01. The molecule has 0 spiro atoms. The fourth-order valence-electron chi connectivity index (χ4n) is 3.91. The van der Waals surface area contributed by atoms with E-state index in [-0.39, 0.29) is 23.6 Å². The van der Waals surface area contributed by atoms with Crippen LogP contribution in [0.3, 0.4) is 0 Å². The van der Waals surface area contributed by atoms with Crippen LogP contribution in [0.1, 0.15) is 52.9 Å². The van der Waals surface area contributed by atoms with Crippen LogP contribution in [0.25, 0.3) is 0 Å². The van der Waals surface area contributed by atoms with Crippen molar-refractivity contribution in [2.24, 2.45) is 7.05 Å². The molecule has 1 aliphatic rings. The molecule has 0 aliphatic heterocycles. The van der Waals surface area contributed by atoms with Gasteiger partial charge in [0.15, 0.2) is 5.16 Å². The molecule has 32 heavy (non-hydrogen) atoms. The maximum Gasteiger partial charge on any atom is 0.251 e.